The maximum atomic E-state index is 5.98. The third-order valence-electron chi connectivity index (χ3n) is 4.89. The van der Waals surface area contributed by atoms with E-state index in [4.69, 9.17) is 4.42 Å². The summed E-state index contributed by atoms with van der Waals surface area (Å²) >= 11 is 0. The van der Waals surface area contributed by atoms with Crippen LogP contribution in [0.4, 0.5) is 0 Å². The van der Waals surface area contributed by atoms with Crippen LogP contribution in [0.1, 0.15) is 81.6 Å². The molecule has 0 N–H and O–H groups in total. The van der Waals surface area contributed by atoms with E-state index in [0.29, 0.717) is 11.8 Å². The highest BCUT2D eigenvalue weighted by atomic mass is 16.3. The van der Waals surface area contributed by atoms with Crippen molar-refractivity contribution in [1.29, 1.82) is 0 Å². The Kier molecular flexibility index (Phi) is 2.88. The van der Waals surface area contributed by atoms with Crippen molar-refractivity contribution >= 4 is 0 Å². The minimum atomic E-state index is 0.510. The molecule has 0 radical (unpaired) electrons. The SMILES string of the molecule is CC(C)=CC1C[C@H](C)[C@H]2CC[C@H](C)c3coc1c32. The third-order valence-corrected chi connectivity index (χ3v) is 4.89. The van der Waals surface area contributed by atoms with E-state index < -0.39 is 0 Å². The van der Waals surface area contributed by atoms with Crippen LogP contribution in [0.3, 0.4) is 0 Å². The largest absolute Gasteiger partial charge is 0.468 e. The van der Waals surface area contributed by atoms with E-state index in [-0.39, 0.29) is 0 Å². The second-order valence-corrected chi connectivity index (χ2v) is 6.62. The Morgan fingerprint density at radius 3 is 2.78 bits per heavy atom. The van der Waals surface area contributed by atoms with Gasteiger partial charge in [0.05, 0.1) is 6.26 Å². The highest BCUT2D eigenvalue weighted by Gasteiger charge is 2.39. The van der Waals surface area contributed by atoms with E-state index in [1.54, 1.807) is 5.56 Å². The lowest BCUT2D eigenvalue weighted by Gasteiger charge is -2.37. The van der Waals surface area contributed by atoms with E-state index >= 15 is 0 Å². The molecule has 0 amide bonds. The van der Waals surface area contributed by atoms with Gasteiger partial charge in [0.2, 0.25) is 0 Å². The Bertz CT molecular complexity index is 476. The number of rotatable bonds is 1. The van der Waals surface area contributed by atoms with Crippen molar-refractivity contribution in [3.05, 3.63) is 34.8 Å². The lowest BCUT2D eigenvalue weighted by molar-refractivity contribution is 0.314. The quantitative estimate of drug-likeness (QED) is 0.607. The first-order valence-electron chi connectivity index (χ1n) is 7.34. The monoisotopic (exact) mass is 244 g/mol. The number of allylic oxidation sites excluding steroid dienone is 2. The molecule has 0 aliphatic heterocycles. The van der Waals surface area contributed by atoms with Gasteiger partial charge in [0.1, 0.15) is 5.76 Å². The predicted octanol–water partition coefficient (Wildman–Crippen LogP) is 5.35. The first-order valence-corrected chi connectivity index (χ1v) is 7.34. The average molecular weight is 244 g/mol. The minimum absolute atomic E-state index is 0.510. The zero-order valence-electron chi connectivity index (χ0n) is 12.0. The highest BCUT2D eigenvalue weighted by molar-refractivity contribution is 5.42. The van der Waals surface area contributed by atoms with Gasteiger partial charge in [0.15, 0.2) is 0 Å². The van der Waals surface area contributed by atoms with E-state index in [1.807, 2.05) is 6.26 Å². The van der Waals surface area contributed by atoms with Crippen molar-refractivity contribution in [2.45, 2.75) is 64.7 Å². The average Bonchev–Trinajstić information content (AvgIpc) is 2.72. The predicted molar refractivity (Wildman–Crippen MR) is 75.1 cm³/mol. The summed E-state index contributed by atoms with van der Waals surface area (Å²) in [5, 5.41) is 0. The van der Waals surface area contributed by atoms with Gasteiger partial charge in [-0.1, -0.05) is 25.5 Å². The molecule has 2 aliphatic carbocycles. The topological polar surface area (TPSA) is 13.1 Å². The van der Waals surface area contributed by atoms with Crippen molar-refractivity contribution in [3.63, 3.8) is 0 Å². The summed E-state index contributed by atoms with van der Waals surface area (Å²) in [6, 6.07) is 0. The molecule has 18 heavy (non-hydrogen) atoms. The molecule has 0 fully saturated rings. The second kappa shape index (κ2) is 4.29. The van der Waals surface area contributed by atoms with Gasteiger partial charge < -0.3 is 4.42 Å². The third kappa shape index (κ3) is 1.75. The molecule has 0 aromatic carbocycles. The number of furan rings is 1. The molecule has 0 spiro atoms. The van der Waals surface area contributed by atoms with Crippen LogP contribution < -0.4 is 0 Å². The zero-order chi connectivity index (χ0) is 12.9. The molecule has 1 heterocycles. The summed E-state index contributed by atoms with van der Waals surface area (Å²) in [6.07, 6.45) is 8.37. The first kappa shape index (κ1) is 12.1. The van der Waals surface area contributed by atoms with Gasteiger partial charge >= 0.3 is 0 Å². The van der Waals surface area contributed by atoms with Crippen molar-refractivity contribution in [2.24, 2.45) is 5.92 Å². The fourth-order valence-corrected chi connectivity index (χ4v) is 3.98. The van der Waals surface area contributed by atoms with Crippen LogP contribution in [0.5, 0.6) is 0 Å². The Morgan fingerprint density at radius 2 is 2.06 bits per heavy atom. The summed E-state index contributed by atoms with van der Waals surface area (Å²) in [7, 11) is 0. The van der Waals surface area contributed by atoms with Gasteiger partial charge in [0.25, 0.3) is 0 Å². The lowest BCUT2D eigenvalue weighted by atomic mass is 9.66. The molecule has 0 saturated carbocycles. The number of hydrogen-bond donors (Lipinski definition) is 0. The summed E-state index contributed by atoms with van der Waals surface area (Å²) in [5.41, 5.74) is 4.48. The van der Waals surface area contributed by atoms with Crippen LogP contribution >= 0.6 is 0 Å². The summed E-state index contributed by atoms with van der Waals surface area (Å²) in [4.78, 5) is 0. The van der Waals surface area contributed by atoms with Crippen LogP contribution in [-0.4, -0.2) is 0 Å². The van der Waals surface area contributed by atoms with E-state index in [1.165, 1.54) is 36.2 Å². The Morgan fingerprint density at radius 1 is 1.28 bits per heavy atom. The normalized spacial score (nSPS) is 34.0. The molecule has 2 aliphatic rings. The smallest absolute Gasteiger partial charge is 0.114 e. The van der Waals surface area contributed by atoms with Gasteiger partial charge in [-0.3, -0.25) is 0 Å². The van der Waals surface area contributed by atoms with E-state index in [9.17, 15) is 0 Å². The molecule has 1 unspecified atom stereocenters. The number of hydrogen-bond acceptors (Lipinski definition) is 1. The minimum Gasteiger partial charge on any atom is -0.468 e. The van der Waals surface area contributed by atoms with Crippen LogP contribution in [0, 0.1) is 5.92 Å². The van der Waals surface area contributed by atoms with E-state index in [0.717, 1.165) is 11.8 Å². The molecule has 1 aromatic rings. The van der Waals surface area contributed by atoms with Crippen molar-refractivity contribution < 1.29 is 4.42 Å². The maximum absolute atomic E-state index is 5.98. The Hall–Kier alpha value is -0.980. The first-order chi connectivity index (χ1) is 8.58. The van der Waals surface area contributed by atoms with Crippen LogP contribution in [-0.2, 0) is 0 Å². The van der Waals surface area contributed by atoms with E-state index in [2.05, 4.69) is 33.8 Å². The molecular formula is C17H24O. The molecule has 3 rings (SSSR count). The standard InChI is InChI=1S/C17H24O/c1-10(2)7-13-8-12(4)14-6-5-11(3)15-9-18-17(13)16(14)15/h7,9,11-14H,5-6,8H2,1-4H3/t11-,12-,13?,14+/m0/s1. The highest BCUT2D eigenvalue weighted by Crippen LogP contribution is 2.52. The van der Waals surface area contributed by atoms with Gasteiger partial charge in [-0.15, -0.1) is 0 Å². The fraction of sp³-hybridized carbons (Fsp3) is 0.647. The van der Waals surface area contributed by atoms with Gasteiger partial charge in [-0.25, -0.2) is 0 Å². The van der Waals surface area contributed by atoms with Gasteiger partial charge in [-0.05, 0) is 56.4 Å². The maximum Gasteiger partial charge on any atom is 0.114 e. The molecule has 0 bridgehead atoms. The molecular weight excluding hydrogens is 220 g/mol. The Balaban J connectivity index is 2.09. The molecule has 0 saturated heterocycles. The zero-order valence-corrected chi connectivity index (χ0v) is 12.0. The van der Waals surface area contributed by atoms with Crippen molar-refractivity contribution in [3.8, 4) is 0 Å². The molecule has 98 valence electrons. The van der Waals surface area contributed by atoms with Crippen LogP contribution in [0.15, 0.2) is 22.3 Å². The Labute approximate surface area is 110 Å². The second-order valence-electron chi connectivity index (χ2n) is 6.62. The fourth-order valence-electron chi connectivity index (χ4n) is 3.98. The van der Waals surface area contributed by atoms with Crippen molar-refractivity contribution in [1.82, 2.24) is 0 Å². The van der Waals surface area contributed by atoms with Crippen LogP contribution in [0.2, 0.25) is 0 Å². The summed E-state index contributed by atoms with van der Waals surface area (Å²) in [5.74, 6) is 4.02. The van der Waals surface area contributed by atoms with Gasteiger partial charge in [-0.2, -0.15) is 0 Å². The molecule has 4 atom stereocenters. The van der Waals surface area contributed by atoms with Gasteiger partial charge in [0, 0.05) is 11.5 Å². The van der Waals surface area contributed by atoms with Crippen LogP contribution in [0.25, 0.3) is 0 Å². The molecule has 1 aromatic heterocycles. The molecule has 1 nitrogen and oxygen atoms in total. The lowest BCUT2D eigenvalue weighted by Crippen LogP contribution is -2.24. The summed E-state index contributed by atoms with van der Waals surface area (Å²) < 4.78 is 5.98. The summed E-state index contributed by atoms with van der Waals surface area (Å²) in [6.45, 7) is 9.15. The van der Waals surface area contributed by atoms with Crippen molar-refractivity contribution in [2.75, 3.05) is 0 Å². The molecule has 1 heteroatoms.